The molecule has 1 aliphatic heterocycles. The SMILES string of the molecule is Cc1ccc2c(c1)-c1cc(C(F)(F)F)c(C)n1C(C)(C)C2(C)C. The molecule has 2 heterocycles. The van der Waals surface area contributed by atoms with E-state index in [0.29, 0.717) is 5.69 Å². The maximum atomic E-state index is 13.4. The molecule has 0 N–H and O–H groups in total. The van der Waals surface area contributed by atoms with Crippen LogP contribution in [0.15, 0.2) is 24.3 Å². The number of halogens is 3. The third kappa shape index (κ3) is 2.00. The minimum atomic E-state index is -4.33. The number of hydrogen-bond donors (Lipinski definition) is 0. The van der Waals surface area contributed by atoms with Gasteiger partial charge in [-0.2, -0.15) is 13.2 Å². The van der Waals surface area contributed by atoms with E-state index >= 15 is 0 Å². The van der Waals surface area contributed by atoms with E-state index in [1.165, 1.54) is 6.07 Å². The molecule has 0 radical (unpaired) electrons. The van der Waals surface area contributed by atoms with Crippen LogP contribution in [0.5, 0.6) is 0 Å². The van der Waals surface area contributed by atoms with Crippen LogP contribution in [0.1, 0.15) is 50.1 Å². The predicted molar refractivity (Wildman–Crippen MR) is 86.7 cm³/mol. The Morgan fingerprint density at radius 3 is 2.13 bits per heavy atom. The van der Waals surface area contributed by atoms with E-state index in [1.54, 1.807) is 6.92 Å². The van der Waals surface area contributed by atoms with Gasteiger partial charge >= 0.3 is 6.18 Å². The number of nitrogens with zero attached hydrogens (tertiary/aromatic N) is 1. The largest absolute Gasteiger partial charge is 0.418 e. The number of alkyl halides is 3. The smallest absolute Gasteiger partial charge is 0.338 e. The fourth-order valence-corrected chi connectivity index (χ4v) is 3.84. The standard InChI is InChI=1S/C19H22F3N/c1-11-7-8-14-13(9-11)16-10-15(19(20,21)22)12(2)23(16)18(5,6)17(14,3)4/h7-10H,1-6H3. The zero-order valence-electron chi connectivity index (χ0n) is 14.4. The van der Waals surface area contributed by atoms with Crippen LogP contribution >= 0.6 is 0 Å². The number of fused-ring (bicyclic) bond motifs is 3. The van der Waals surface area contributed by atoms with E-state index in [1.807, 2.05) is 37.5 Å². The van der Waals surface area contributed by atoms with Gasteiger partial charge in [0.1, 0.15) is 0 Å². The summed E-state index contributed by atoms with van der Waals surface area (Å²) in [5, 5.41) is 0. The molecule has 3 rings (SSSR count). The van der Waals surface area contributed by atoms with Crippen molar-refractivity contribution in [3.8, 4) is 11.3 Å². The maximum Gasteiger partial charge on any atom is 0.418 e. The first kappa shape index (κ1) is 16.2. The maximum absolute atomic E-state index is 13.4. The van der Waals surface area contributed by atoms with Gasteiger partial charge in [0.25, 0.3) is 0 Å². The van der Waals surface area contributed by atoms with Crippen molar-refractivity contribution in [1.82, 2.24) is 4.57 Å². The lowest BCUT2D eigenvalue weighted by Crippen LogP contribution is -2.48. The van der Waals surface area contributed by atoms with Crippen molar-refractivity contribution in [3.05, 3.63) is 46.6 Å². The Hall–Kier alpha value is -1.71. The molecule has 0 saturated carbocycles. The molecular weight excluding hydrogens is 299 g/mol. The van der Waals surface area contributed by atoms with Crippen LogP contribution in [0.3, 0.4) is 0 Å². The van der Waals surface area contributed by atoms with Crippen molar-refractivity contribution in [1.29, 1.82) is 0 Å². The van der Waals surface area contributed by atoms with Gasteiger partial charge in [-0.05, 0) is 45.4 Å². The molecule has 124 valence electrons. The van der Waals surface area contributed by atoms with E-state index in [4.69, 9.17) is 0 Å². The second-order valence-electron chi connectivity index (χ2n) is 7.59. The molecule has 1 aromatic carbocycles. The third-order valence-corrected chi connectivity index (χ3v) is 5.77. The highest BCUT2D eigenvalue weighted by Crippen LogP contribution is 2.52. The van der Waals surface area contributed by atoms with Crippen molar-refractivity contribution in [2.75, 3.05) is 0 Å². The molecule has 0 atom stereocenters. The van der Waals surface area contributed by atoms with Crippen LogP contribution in [0.4, 0.5) is 13.2 Å². The lowest BCUT2D eigenvalue weighted by Gasteiger charge is -2.49. The lowest BCUT2D eigenvalue weighted by atomic mass is 9.65. The minimum Gasteiger partial charge on any atom is -0.338 e. The average Bonchev–Trinajstić information content (AvgIpc) is 2.75. The highest BCUT2D eigenvalue weighted by Gasteiger charge is 2.48. The second kappa shape index (κ2) is 4.43. The van der Waals surface area contributed by atoms with Gasteiger partial charge in [0.2, 0.25) is 0 Å². The van der Waals surface area contributed by atoms with Crippen LogP contribution in [0.2, 0.25) is 0 Å². The molecule has 1 aromatic heterocycles. The Balaban J connectivity index is 2.45. The summed E-state index contributed by atoms with van der Waals surface area (Å²) >= 11 is 0. The van der Waals surface area contributed by atoms with Crippen molar-refractivity contribution in [3.63, 3.8) is 0 Å². The Morgan fingerprint density at radius 2 is 1.57 bits per heavy atom. The van der Waals surface area contributed by atoms with E-state index in [9.17, 15) is 13.2 Å². The van der Waals surface area contributed by atoms with Gasteiger partial charge in [-0.25, -0.2) is 0 Å². The van der Waals surface area contributed by atoms with E-state index < -0.39 is 17.3 Å². The van der Waals surface area contributed by atoms with Gasteiger partial charge in [-0.15, -0.1) is 0 Å². The molecule has 0 unspecified atom stereocenters. The fourth-order valence-electron chi connectivity index (χ4n) is 3.84. The third-order valence-electron chi connectivity index (χ3n) is 5.77. The zero-order valence-corrected chi connectivity index (χ0v) is 14.4. The molecule has 0 aliphatic carbocycles. The molecule has 0 fully saturated rings. The highest BCUT2D eigenvalue weighted by molar-refractivity contribution is 5.72. The van der Waals surface area contributed by atoms with Crippen molar-refractivity contribution in [2.45, 2.75) is 58.7 Å². The van der Waals surface area contributed by atoms with Crippen LogP contribution in [-0.4, -0.2) is 4.57 Å². The summed E-state index contributed by atoms with van der Waals surface area (Å²) < 4.78 is 42.1. The summed E-state index contributed by atoms with van der Waals surface area (Å²) in [5.74, 6) is 0. The normalized spacial score (nSPS) is 18.5. The van der Waals surface area contributed by atoms with Gasteiger partial charge in [0.15, 0.2) is 0 Å². The number of aromatic nitrogens is 1. The average molecular weight is 321 g/mol. The van der Waals surface area contributed by atoms with Gasteiger partial charge in [-0.3, -0.25) is 0 Å². The van der Waals surface area contributed by atoms with Crippen molar-refractivity contribution < 1.29 is 13.2 Å². The summed E-state index contributed by atoms with van der Waals surface area (Å²) in [7, 11) is 0. The molecule has 0 bridgehead atoms. The first-order chi connectivity index (χ1) is 10.4. The summed E-state index contributed by atoms with van der Waals surface area (Å²) in [6.45, 7) is 11.8. The number of benzene rings is 1. The topological polar surface area (TPSA) is 4.93 Å². The van der Waals surface area contributed by atoms with E-state index in [-0.39, 0.29) is 11.1 Å². The first-order valence-electron chi connectivity index (χ1n) is 7.80. The van der Waals surface area contributed by atoms with Gasteiger partial charge in [0.05, 0.1) is 5.56 Å². The van der Waals surface area contributed by atoms with Crippen molar-refractivity contribution in [2.24, 2.45) is 0 Å². The number of rotatable bonds is 0. The second-order valence-corrected chi connectivity index (χ2v) is 7.59. The molecule has 1 aliphatic rings. The molecule has 4 heteroatoms. The number of aryl methyl sites for hydroxylation is 1. The van der Waals surface area contributed by atoms with Gasteiger partial charge < -0.3 is 4.57 Å². The number of hydrogen-bond acceptors (Lipinski definition) is 0. The minimum absolute atomic E-state index is 0.282. The zero-order chi connectivity index (χ0) is 17.4. The fraction of sp³-hybridized carbons (Fsp3) is 0.474. The molecule has 1 nitrogen and oxygen atoms in total. The Morgan fingerprint density at radius 1 is 0.957 bits per heavy atom. The van der Waals surface area contributed by atoms with Gasteiger partial charge in [-0.1, -0.05) is 31.5 Å². The molecular formula is C19H22F3N. The van der Waals surface area contributed by atoms with E-state index in [2.05, 4.69) is 19.9 Å². The van der Waals surface area contributed by atoms with E-state index in [0.717, 1.165) is 16.7 Å². The summed E-state index contributed by atoms with van der Waals surface area (Å²) in [4.78, 5) is 0. The van der Waals surface area contributed by atoms with Gasteiger partial charge in [0, 0.05) is 27.9 Å². The molecule has 0 spiro atoms. The summed E-state index contributed by atoms with van der Waals surface area (Å²) in [6, 6.07) is 7.40. The molecule has 23 heavy (non-hydrogen) atoms. The summed E-state index contributed by atoms with van der Waals surface area (Å²) in [5.41, 5.74) is 2.74. The van der Waals surface area contributed by atoms with Crippen molar-refractivity contribution >= 4 is 0 Å². The monoisotopic (exact) mass is 321 g/mol. The predicted octanol–water partition coefficient (Wildman–Crippen LogP) is 5.82. The van der Waals surface area contributed by atoms with Crippen LogP contribution < -0.4 is 0 Å². The quantitative estimate of drug-likeness (QED) is 0.576. The van der Waals surface area contributed by atoms with Crippen LogP contribution in [0, 0.1) is 13.8 Å². The molecule has 0 saturated heterocycles. The Bertz CT molecular complexity index is 792. The summed E-state index contributed by atoms with van der Waals surface area (Å²) in [6.07, 6.45) is -4.33. The van der Waals surface area contributed by atoms with Crippen LogP contribution in [0.25, 0.3) is 11.3 Å². The van der Waals surface area contributed by atoms with Crippen LogP contribution in [-0.2, 0) is 17.1 Å². The Kier molecular flexibility index (Phi) is 3.11. The Labute approximate surface area is 135 Å². The first-order valence-corrected chi connectivity index (χ1v) is 7.80. The highest BCUT2D eigenvalue weighted by atomic mass is 19.4. The lowest BCUT2D eigenvalue weighted by molar-refractivity contribution is -0.138. The molecule has 2 aromatic rings. The molecule has 0 amide bonds.